The molecule has 2 aromatic rings. The molecule has 0 aliphatic heterocycles. The largest absolute Gasteiger partial charge is 0.361 e. The zero-order valence-corrected chi connectivity index (χ0v) is 12.7. The van der Waals surface area contributed by atoms with E-state index in [1.807, 2.05) is 19.2 Å². The van der Waals surface area contributed by atoms with E-state index in [2.05, 4.69) is 15.5 Å². The van der Waals surface area contributed by atoms with Crippen LogP contribution in [0.4, 0.5) is 5.13 Å². The molecule has 0 aliphatic rings. The van der Waals surface area contributed by atoms with Crippen molar-refractivity contribution in [2.75, 3.05) is 5.32 Å². The molecule has 2 aromatic heterocycles. The standard InChI is InChI=1S/C12H15N3O2S2/c1-7-11(8(2)17-15-7)6-18-4-10-5-19-12(14-10)13-9(3)16/h5H,4,6H2,1-3H3,(H,13,14,16). The summed E-state index contributed by atoms with van der Waals surface area (Å²) in [5, 5.41) is 9.23. The average molecular weight is 297 g/mol. The van der Waals surface area contributed by atoms with Crippen LogP contribution in [0.3, 0.4) is 0 Å². The highest BCUT2D eigenvalue weighted by Crippen LogP contribution is 2.24. The Kier molecular flexibility index (Phi) is 4.60. The second-order valence-corrected chi connectivity index (χ2v) is 5.96. The zero-order valence-electron chi connectivity index (χ0n) is 11.0. The van der Waals surface area contributed by atoms with Gasteiger partial charge in [0.15, 0.2) is 5.13 Å². The van der Waals surface area contributed by atoms with Gasteiger partial charge in [0.05, 0.1) is 11.4 Å². The van der Waals surface area contributed by atoms with Crippen molar-refractivity contribution in [2.45, 2.75) is 32.3 Å². The fraction of sp³-hybridized carbons (Fsp3) is 0.417. The summed E-state index contributed by atoms with van der Waals surface area (Å²) < 4.78 is 5.12. The molecule has 0 atom stereocenters. The van der Waals surface area contributed by atoms with E-state index in [1.165, 1.54) is 18.3 Å². The molecule has 0 fully saturated rings. The lowest BCUT2D eigenvalue weighted by molar-refractivity contribution is -0.114. The van der Waals surface area contributed by atoms with Crippen LogP contribution in [0.2, 0.25) is 0 Å². The third-order valence-corrected chi connectivity index (χ3v) is 4.31. The van der Waals surface area contributed by atoms with Gasteiger partial charge in [-0.2, -0.15) is 11.8 Å². The average Bonchev–Trinajstić information content (AvgIpc) is 2.89. The maximum absolute atomic E-state index is 10.9. The summed E-state index contributed by atoms with van der Waals surface area (Å²) in [6.07, 6.45) is 0. The molecule has 19 heavy (non-hydrogen) atoms. The van der Waals surface area contributed by atoms with Crippen LogP contribution in [0.5, 0.6) is 0 Å². The number of aryl methyl sites for hydroxylation is 2. The summed E-state index contributed by atoms with van der Waals surface area (Å²) in [4.78, 5) is 15.2. The molecule has 2 heterocycles. The number of carbonyl (C=O) groups excluding carboxylic acids is 1. The lowest BCUT2D eigenvalue weighted by atomic mass is 10.2. The number of nitrogens with zero attached hydrogens (tertiary/aromatic N) is 2. The fourth-order valence-electron chi connectivity index (χ4n) is 1.55. The second-order valence-electron chi connectivity index (χ2n) is 4.12. The van der Waals surface area contributed by atoms with Crippen LogP contribution in [0.15, 0.2) is 9.90 Å². The van der Waals surface area contributed by atoms with Crippen molar-refractivity contribution in [3.63, 3.8) is 0 Å². The fourth-order valence-corrected chi connectivity index (χ4v) is 3.48. The summed E-state index contributed by atoms with van der Waals surface area (Å²) in [5.41, 5.74) is 3.08. The van der Waals surface area contributed by atoms with Crippen LogP contribution in [0.1, 0.15) is 29.6 Å². The van der Waals surface area contributed by atoms with Crippen LogP contribution < -0.4 is 5.32 Å². The predicted octanol–water partition coefficient (Wildman–Crippen LogP) is 3.14. The highest BCUT2D eigenvalue weighted by atomic mass is 32.2. The maximum Gasteiger partial charge on any atom is 0.223 e. The first kappa shape index (κ1) is 14.1. The van der Waals surface area contributed by atoms with Crippen molar-refractivity contribution >= 4 is 34.1 Å². The van der Waals surface area contributed by atoms with Crippen molar-refractivity contribution in [1.82, 2.24) is 10.1 Å². The Bertz CT molecular complexity index is 558. The van der Waals surface area contributed by atoms with E-state index in [1.54, 1.807) is 11.8 Å². The number of nitrogens with one attached hydrogen (secondary N) is 1. The number of thiazole rings is 1. The molecule has 7 heteroatoms. The molecule has 0 radical (unpaired) electrons. The second kappa shape index (κ2) is 6.21. The Morgan fingerprint density at radius 2 is 2.26 bits per heavy atom. The minimum atomic E-state index is -0.0933. The molecule has 0 spiro atoms. The van der Waals surface area contributed by atoms with E-state index < -0.39 is 0 Å². The monoisotopic (exact) mass is 297 g/mol. The van der Waals surface area contributed by atoms with Gasteiger partial charge >= 0.3 is 0 Å². The summed E-state index contributed by atoms with van der Waals surface area (Å²) >= 11 is 3.20. The van der Waals surface area contributed by atoms with Gasteiger partial charge in [-0.25, -0.2) is 4.98 Å². The summed E-state index contributed by atoms with van der Waals surface area (Å²) in [5.74, 6) is 2.44. The summed E-state index contributed by atoms with van der Waals surface area (Å²) in [6, 6.07) is 0. The molecule has 1 amide bonds. The van der Waals surface area contributed by atoms with Gasteiger partial charge in [-0.1, -0.05) is 5.16 Å². The topological polar surface area (TPSA) is 68.0 Å². The smallest absolute Gasteiger partial charge is 0.223 e. The van der Waals surface area contributed by atoms with Gasteiger partial charge in [-0.15, -0.1) is 11.3 Å². The molecule has 102 valence electrons. The van der Waals surface area contributed by atoms with Gasteiger partial charge in [-0.05, 0) is 13.8 Å². The minimum Gasteiger partial charge on any atom is -0.361 e. The third kappa shape index (κ3) is 3.81. The van der Waals surface area contributed by atoms with Crippen LogP contribution >= 0.6 is 23.1 Å². The van der Waals surface area contributed by atoms with Gasteiger partial charge < -0.3 is 9.84 Å². The first-order valence-electron chi connectivity index (χ1n) is 5.77. The molecule has 0 aromatic carbocycles. The molecule has 0 unspecified atom stereocenters. The molecular formula is C12H15N3O2S2. The number of rotatable bonds is 5. The van der Waals surface area contributed by atoms with Crippen LogP contribution in [0, 0.1) is 13.8 Å². The van der Waals surface area contributed by atoms with Gasteiger partial charge in [0.25, 0.3) is 0 Å². The number of anilines is 1. The van der Waals surface area contributed by atoms with Gasteiger partial charge in [0.2, 0.25) is 5.91 Å². The lowest BCUT2D eigenvalue weighted by Gasteiger charge is -1.99. The predicted molar refractivity (Wildman–Crippen MR) is 77.4 cm³/mol. The third-order valence-electron chi connectivity index (χ3n) is 2.51. The van der Waals surface area contributed by atoms with Crippen molar-refractivity contribution < 1.29 is 9.32 Å². The quantitative estimate of drug-likeness (QED) is 0.918. The van der Waals surface area contributed by atoms with E-state index in [-0.39, 0.29) is 5.91 Å². The molecule has 0 aliphatic carbocycles. The molecular weight excluding hydrogens is 282 g/mol. The molecule has 0 saturated heterocycles. The Labute approximate surface area is 119 Å². The van der Waals surface area contributed by atoms with Crippen molar-refractivity contribution in [1.29, 1.82) is 0 Å². The first-order valence-corrected chi connectivity index (χ1v) is 7.81. The number of hydrogen-bond donors (Lipinski definition) is 1. The van der Waals surface area contributed by atoms with Gasteiger partial charge in [0, 0.05) is 29.4 Å². The number of hydrogen-bond acceptors (Lipinski definition) is 6. The van der Waals surface area contributed by atoms with Crippen LogP contribution in [-0.4, -0.2) is 16.0 Å². The Hall–Kier alpha value is -1.34. The number of carbonyl (C=O) groups is 1. The zero-order chi connectivity index (χ0) is 13.8. The van der Waals surface area contributed by atoms with Crippen LogP contribution in [0.25, 0.3) is 0 Å². The Morgan fingerprint density at radius 3 is 2.89 bits per heavy atom. The van der Waals surface area contributed by atoms with Gasteiger partial charge in [0.1, 0.15) is 5.76 Å². The molecule has 0 saturated carbocycles. The highest BCUT2D eigenvalue weighted by molar-refractivity contribution is 7.97. The van der Waals surface area contributed by atoms with E-state index in [0.717, 1.165) is 34.2 Å². The van der Waals surface area contributed by atoms with E-state index in [0.29, 0.717) is 5.13 Å². The first-order chi connectivity index (χ1) is 9.06. The lowest BCUT2D eigenvalue weighted by Crippen LogP contribution is -2.05. The van der Waals surface area contributed by atoms with Crippen molar-refractivity contribution in [3.05, 3.63) is 28.1 Å². The SMILES string of the molecule is CC(=O)Nc1nc(CSCc2c(C)noc2C)cs1. The Balaban J connectivity index is 1.86. The number of aromatic nitrogens is 2. The normalized spacial score (nSPS) is 10.7. The summed E-state index contributed by atoms with van der Waals surface area (Å²) in [6.45, 7) is 5.35. The van der Waals surface area contributed by atoms with E-state index in [4.69, 9.17) is 4.52 Å². The maximum atomic E-state index is 10.9. The van der Waals surface area contributed by atoms with E-state index in [9.17, 15) is 4.79 Å². The van der Waals surface area contributed by atoms with Gasteiger partial charge in [-0.3, -0.25) is 4.79 Å². The summed E-state index contributed by atoms with van der Waals surface area (Å²) in [7, 11) is 0. The number of amides is 1. The number of thioether (sulfide) groups is 1. The Morgan fingerprint density at radius 1 is 1.47 bits per heavy atom. The molecule has 1 N–H and O–H groups in total. The van der Waals surface area contributed by atoms with Crippen LogP contribution in [-0.2, 0) is 16.3 Å². The molecule has 5 nitrogen and oxygen atoms in total. The molecule has 2 rings (SSSR count). The van der Waals surface area contributed by atoms with E-state index >= 15 is 0 Å². The molecule has 0 bridgehead atoms. The minimum absolute atomic E-state index is 0.0933. The van der Waals surface area contributed by atoms with Crippen molar-refractivity contribution in [2.24, 2.45) is 0 Å². The highest BCUT2D eigenvalue weighted by Gasteiger charge is 2.09. The van der Waals surface area contributed by atoms with Crippen molar-refractivity contribution in [3.8, 4) is 0 Å².